The van der Waals surface area contributed by atoms with Crippen LogP contribution in [0.3, 0.4) is 0 Å². The van der Waals surface area contributed by atoms with E-state index in [2.05, 4.69) is 122 Å². The SMILES string of the molecule is CCCCCC[Si]1(CCCCCC)c2cc(-c3ccc(-c4ccc(C)s4)s3)ccc2-c2ccc(-c3ccc(-c4ccc(Br)s4)s3)cc21. The van der Waals surface area contributed by atoms with E-state index in [0.29, 0.717) is 0 Å². The van der Waals surface area contributed by atoms with Crippen molar-refractivity contribution in [2.45, 2.75) is 84.2 Å². The molecule has 0 bridgehead atoms. The minimum Gasteiger partial charge on any atom is -0.140 e. The third-order valence-corrected chi connectivity index (χ3v) is 20.4. The molecule has 0 atom stereocenters. The average molecular weight is 772 g/mol. The number of halogens is 1. The Morgan fingerprint density at radius 3 is 1.43 bits per heavy atom. The lowest BCUT2D eigenvalue weighted by atomic mass is 10.0. The molecule has 6 heteroatoms. The number of benzene rings is 2. The number of fused-ring (bicyclic) bond motifs is 3. The van der Waals surface area contributed by atoms with Gasteiger partial charge in [0.1, 0.15) is 8.07 Å². The zero-order chi connectivity index (χ0) is 32.4. The van der Waals surface area contributed by atoms with Gasteiger partial charge in [0.15, 0.2) is 0 Å². The van der Waals surface area contributed by atoms with Crippen LogP contribution in [-0.4, -0.2) is 8.07 Å². The first-order chi connectivity index (χ1) is 23.0. The zero-order valence-electron chi connectivity index (χ0n) is 27.7. The van der Waals surface area contributed by atoms with Gasteiger partial charge in [0, 0.05) is 34.1 Å². The van der Waals surface area contributed by atoms with Gasteiger partial charge in [-0.1, -0.05) is 102 Å². The van der Waals surface area contributed by atoms with Gasteiger partial charge >= 0.3 is 0 Å². The third-order valence-electron chi connectivity index (χ3n) is 9.85. The maximum atomic E-state index is 3.66. The van der Waals surface area contributed by atoms with Crippen LogP contribution < -0.4 is 10.4 Å². The largest absolute Gasteiger partial charge is 0.140 e. The standard InChI is InChI=1S/C41H43BrS4Si/c1-4-6-8-10-24-47(25-11-9-7-5-2)39-26-29(33-18-20-36(44-33)35-17-12-28(3)43-35)13-15-31(39)32-16-14-30(27-40(32)47)34-19-21-37(45-34)38-22-23-41(42)46-38/h12-23,26-27H,4-11,24-25H2,1-3H3. The van der Waals surface area contributed by atoms with Crippen LogP contribution in [0.1, 0.15) is 70.1 Å². The van der Waals surface area contributed by atoms with Crippen LogP contribution in [0.5, 0.6) is 0 Å². The highest BCUT2D eigenvalue weighted by Crippen LogP contribution is 2.43. The molecule has 2 aromatic carbocycles. The molecule has 0 fully saturated rings. The van der Waals surface area contributed by atoms with Crippen molar-refractivity contribution < 1.29 is 0 Å². The number of aryl methyl sites for hydroxylation is 1. The van der Waals surface area contributed by atoms with E-state index in [0.717, 1.165) is 0 Å². The maximum absolute atomic E-state index is 3.66. The number of hydrogen-bond acceptors (Lipinski definition) is 4. The van der Waals surface area contributed by atoms with Gasteiger partial charge < -0.3 is 0 Å². The average Bonchev–Trinajstić information content (AvgIpc) is 3.93. The van der Waals surface area contributed by atoms with Crippen LogP contribution in [-0.2, 0) is 0 Å². The summed E-state index contributed by atoms with van der Waals surface area (Å²) in [6.07, 6.45) is 10.7. The molecule has 0 saturated carbocycles. The quantitative estimate of drug-likeness (QED) is 0.0764. The fourth-order valence-electron chi connectivity index (χ4n) is 7.44. The van der Waals surface area contributed by atoms with E-state index in [1.807, 2.05) is 45.3 Å². The summed E-state index contributed by atoms with van der Waals surface area (Å²) >= 11 is 11.3. The molecule has 0 spiro atoms. The second-order valence-corrected chi connectivity index (χ2v) is 23.2. The summed E-state index contributed by atoms with van der Waals surface area (Å²) < 4.78 is 1.19. The Morgan fingerprint density at radius 1 is 0.489 bits per heavy atom. The van der Waals surface area contributed by atoms with Crippen molar-refractivity contribution >= 4 is 79.7 Å². The van der Waals surface area contributed by atoms with Gasteiger partial charge in [-0.05, 0) is 116 Å². The first kappa shape index (κ1) is 33.4. The fourth-order valence-corrected chi connectivity index (χ4v) is 17.5. The van der Waals surface area contributed by atoms with E-state index >= 15 is 0 Å². The molecule has 0 saturated heterocycles. The Bertz CT molecular complexity index is 1830. The van der Waals surface area contributed by atoms with Crippen LogP contribution in [0.25, 0.3) is 51.5 Å². The molecule has 4 aromatic heterocycles. The summed E-state index contributed by atoms with van der Waals surface area (Å²) in [6.45, 7) is 6.89. The van der Waals surface area contributed by atoms with Crippen LogP contribution in [0.2, 0.25) is 12.1 Å². The van der Waals surface area contributed by atoms with Crippen molar-refractivity contribution in [1.29, 1.82) is 0 Å². The molecule has 242 valence electrons. The van der Waals surface area contributed by atoms with E-state index in [9.17, 15) is 0 Å². The molecule has 0 unspecified atom stereocenters. The van der Waals surface area contributed by atoms with Crippen LogP contribution in [0.4, 0.5) is 0 Å². The Labute approximate surface area is 306 Å². The van der Waals surface area contributed by atoms with Crippen LogP contribution in [0, 0.1) is 6.92 Å². The van der Waals surface area contributed by atoms with Crippen molar-refractivity contribution in [3.8, 4) is 51.5 Å². The van der Waals surface area contributed by atoms with Crippen molar-refractivity contribution in [2.24, 2.45) is 0 Å². The van der Waals surface area contributed by atoms with Crippen LogP contribution >= 0.6 is 61.3 Å². The highest BCUT2D eigenvalue weighted by molar-refractivity contribution is 9.11. The van der Waals surface area contributed by atoms with Gasteiger partial charge in [0.05, 0.1) is 3.79 Å². The molecule has 47 heavy (non-hydrogen) atoms. The molecule has 0 radical (unpaired) electrons. The molecular formula is C41H43BrS4Si. The second kappa shape index (κ2) is 14.8. The van der Waals surface area contributed by atoms with E-state index in [4.69, 9.17) is 0 Å². The number of rotatable bonds is 14. The predicted octanol–water partition coefficient (Wildman–Crippen LogP) is 14.4. The lowest BCUT2D eigenvalue weighted by Crippen LogP contribution is -2.55. The molecule has 6 aromatic rings. The maximum Gasteiger partial charge on any atom is 0.119 e. The lowest BCUT2D eigenvalue weighted by molar-refractivity contribution is 0.684. The topological polar surface area (TPSA) is 0 Å². The van der Waals surface area contributed by atoms with Gasteiger partial charge in [-0.3, -0.25) is 0 Å². The molecule has 1 aliphatic heterocycles. The van der Waals surface area contributed by atoms with E-state index in [1.165, 1.54) is 124 Å². The lowest BCUT2D eigenvalue weighted by Gasteiger charge is -2.31. The van der Waals surface area contributed by atoms with E-state index in [-0.39, 0.29) is 0 Å². The summed E-state index contributed by atoms with van der Waals surface area (Å²) in [4.78, 5) is 9.65. The highest BCUT2D eigenvalue weighted by atomic mass is 79.9. The first-order valence-corrected chi connectivity index (χ1v) is 23.8. The molecule has 0 aliphatic carbocycles. The molecule has 1 aliphatic rings. The first-order valence-electron chi connectivity index (χ1n) is 17.3. The Hall–Kier alpha value is -2.06. The fraction of sp³-hybridized carbons (Fsp3) is 0.317. The Balaban J connectivity index is 1.31. The minimum absolute atomic E-state index is 1.19. The second-order valence-electron chi connectivity index (χ2n) is 13.1. The molecular weight excluding hydrogens is 729 g/mol. The van der Waals surface area contributed by atoms with Gasteiger partial charge in [-0.2, -0.15) is 0 Å². The third kappa shape index (κ3) is 6.89. The summed E-state index contributed by atoms with van der Waals surface area (Å²) in [5.41, 5.74) is 5.85. The monoisotopic (exact) mass is 770 g/mol. The van der Waals surface area contributed by atoms with Gasteiger partial charge in [0.25, 0.3) is 0 Å². The summed E-state index contributed by atoms with van der Waals surface area (Å²) in [7, 11) is -2.00. The van der Waals surface area contributed by atoms with Crippen molar-refractivity contribution in [3.05, 3.63) is 93.6 Å². The summed E-state index contributed by atoms with van der Waals surface area (Å²) in [5.74, 6) is 0. The van der Waals surface area contributed by atoms with Gasteiger partial charge in [0.2, 0.25) is 0 Å². The van der Waals surface area contributed by atoms with Gasteiger partial charge in [-0.25, -0.2) is 0 Å². The Kier molecular flexibility index (Phi) is 10.5. The Morgan fingerprint density at radius 2 is 0.957 bits per heavy atom. The van der Waals surface area contributed by atoms with E-state index < -0.39 is 8.07 Å². The van der Waals surface area contributed by atoms with Crippen molar-refractivity contribution in [3.63, 3.8) is 0 Å². The number of hydrogen-bond donors (Lipinski definition) is 0. The smallest absolute Gasteiger partial charge is 0.119 e. The summed E-state index contributed by atoms with van der Waals surface area (Å²) in [6, 6.07) is 36.2. The molecule has 0 nitrogen and oxygen atoms in total. The molecule has 5 heterocycles. The van der Waals surface area contributed by atoms with E-state index in [1.54, 1.807) is 10.4 Å². The molecule has 0 N–H and O–H groups in total. The van der Waals surface area contributed by atoms with Crippen LogP contribution in [0.15, 0.2) is 88.7 Å². The number of unbranched alkanes of at least 4 members (excludes halogenated alkanes) is 6. The van der Waals surface area contributed by atoms with Crippen molar-refractivity contribution in [2.75, 3.05) is 0 Å². The van der Waals surface area contributed by atoms with Gasteiger partial charge in [-0.15, -0.1) is 45.3 Å². The van der Waals surface area contributed by atoms with Crippen molar-refractivity contribution in [1.82, 2.24) is 0 Å². The minimum atomic E-state index is -2.00. The highest BCUT2D eigenvalue weighted by Gasteiger charge is 2.44. The zero-order valence-corrected chi connectivity index (χ0v) is 33.5. The summed E-state index contributed by atoms with van der Waals surface area (Å²) in [5, 5.41) is 3.43. The molecule has 7 rings (SSSR count). The predicted molar refractivity (Wildman–Crippen MR) is 220 cm³/mol. The normalized spacial score (nSPS) is 13.3. The number of thiophene rings is 4. The molecule has 0 amide bonds.